The summed E-state index contributed by atoms with van der Waals surface area (Å²) >= 11 is 0. The van der Waals surface area contributed by atoms with Crippen LogP contribution in [0.1, 0.15) is 90.0 Å². The lowest BCUT2D eigenvalue weighted by Gasteiger charge is -2.12. The quantitative estimate of drug-likeness (QED) is 0.323. The summed E-state index contributed by atoms with van der Waals surface area (Å²) in [7, 11) is 0. The van der Waals surface area contributed by atoms with Gasteiger partial charge in [0.05, 0.1) is 12.6 Å². The van der Waals surface area contributed by atoms with Gasteiger partial charge in [0.25, 0.3) is 0 Å². The van der Waals surface area contributed by atoms with Gasteiger partial charge in [0.1, 0.15) is 0 Å². The highest BCUT2D eigenvalue weighted by molar-refractivity contribution is 5.85. The molecule has 0 saturated carbocycles. The number of nitrogens with two attached hydrogens (primary N) is 1. The van der Waals surface area contributed by atoms with Gasteiger partial charge in [0.2, 0.25) is 17.6 Å². The topological polar surface area (TPSA) is 94.0 Å². The van der Waals surface area contributed by atoms with Crippen molar-refractivity contribution < 1.29 is 9.32 Å². The van der Waals surface area contributed by atoms with Crippen LogP contribution in [-0.2, 0) is 17.8 Å². The van der Waals surface area contributed by atoms with Crippen LogP contribution in [0, 0.1) is 5.92 Å². The van der Waals surface area contributed by atoms with Crippen molar-refractivity contribution >= 4 is 18.3 Å². The van der Waals surface area contributed by atoms with Crippen LogP contribution >= 0.6 is 12.4 Å². The van der Waals surface area contributed by atoms with Crippen molar-refractivity contribution in [1.82, 2.24) is 15.5 Å². The Morgan fingerprint density at radius 3 is 2.28 bits per heavy atom. The van der Waals surface area contributed by atoms with Crippen molar-refractivity contribution in [2.24, 2.45) is 11.7 Å². The van der Waals surface area contributed by atoms with Crippen LogP contribution in [0.15, 0.2) is 28.8 Å². The van der Waals surface area contributed by atoms with Crippen molar-refractivity contribution in [3.63, 3.8) is 0 Å². The second kappa shape index (κ2) is 15.8. The summed E-state index contributed by atoms with van der Waals surface area (Å²) in [5.41, 5.74) is 8.14. The Morgan fingerprint density at radius 2 is 1.66 bits per heavy atom. The molecule has 7 heteroatoms. The molecule has 1 atom stereocenters. The zero-order valence-corrected chi connectivity index (χ0v) is 20.8. The van der Waals surface area contributed by atoms with Crippen molar-refractivity contribution in [1.29, 1.82) is 0 Å². The molecule has 1 aromatic carbocycles. The average Bonchev–Trinajstić information content (AvgIpc) is 3.23. The first-order valence-electron chi connectivity index (χ1n) is 11.9. The average molecular weight is 465 g/mol. The van der Waals surface area contributed by atoms with Gasteiger partial charge >= 0.3 is 0 Å². The van der Waals surface area contributed by atoms with Gasteiger partial charge in [-0.15, -0.1) is 12.4 Å². The highest BCUT2D eigenvalue weighted by Gasteiger charge is 2.16. The second-order valence-electron chi connectivity index (χ2n) is 8.89. The summed E-state index contributed by atoms with van der Waals surface area (Å²) in [4.78, 5) is 16.4. The van der Waals surface area contributed by atoms with E-state index >= 15 is 0 Å². The molecule has 0 aliphatic carbocycles. The molecule has 2 rings (SSSR count). The maximum atomic E-state index is 12.0. The summed E-state index contributed by atoms with van der Waals surface area (Å²) < 4.78 is 5.27. The third-order valence-electron chi connectivity index (χ3n) is 5.48. The predicted octanol–water partition coefficient (Wildman–Crippen LogP) is 5.83. The van der Waals surface area contributed by atoms with E-state index in [0.29, 0.717) is 24.1 Å². The van der Waals surface area contributed by atoms with Crippen LogP contribution in [0.3, 0.4) is 0 Å². The van der Waals surface area contributed by atoms with E-state index in [2.05, 4.69) is 34.5 Å². The number of hydrogen-bond donors (Lipinski definition) is 2. The molecule has 0 aliphatic rings. The number of aryl methyl sites for hydroxylation is 1. The number of nitrogens with one attached hydrogen (secondary N) is 1. The monoisotopic (exact) mass is 464 g/mol. The maximum Gasteiger partial charge on any atom is 0.246 e. The highest BCUT2D eigenvalue weighted by Crippen LogP contribution is 2.18. The molecule has 0 fully saturated rings. The number of hydrogen-bond acceptors (Lipinski definition) is 5. The zero-order chi connectivity index (χ0) is 22.5. The van der Waals surface area contributed by atoms with Crippen LogP contribution in [0.5, 0.6) is 0 Å². The van der Waals surface area contributed by atoms with Crippen molar-refractivity contribution in [2.45, 2.75) is 97.6 Å². The fourth-order valence-electron chi connectivity index (χ4n) is 3.64. The molecular weight excluding hydrogens is 424 g/mol. The van der Waals surface area contributed by atoms with Crippen LogP contribution in [-0.4, -0.2) is 22.1 Å². The molecule has 6 nitrogen and oxygen atoms in total. The molecule has 0 radical (unpaired) electrons. The number of nitrogens with zero attached hydrogens (tertiary/aromatic N) is 2. The molecule has 180 valence electrons. The van der Waals surface area contributed by atoms with Gasteiger partial charge in [-0.25, -0.2) is 0 Å². The molecule has 0 spiro atoms. The fourth-order valence-corrected chi connectivity index (χ4v) is 3.64. The zero-order valence-electron chi connectivity index (χ0n) is 19.9. The van der Waals surface area contributed by atoms with Crippen LogP contribution in [0.25, 0.3) is 11.4 Å². The Bertz CT molecular complexity index is 762. The molecule has 32 heavy (non-hydrogen) atoms. The van der Waals surface area contributed by atoms with E-state index in [1.165, 1.54) is 56.9 Å². The van der Waals surface area contributed by atoms with E-state index in [9.17, 15) is 4.79 Å². The van der Waals surface area contributed by atoms with Gasteiger partial charge in [-0.2, -0.15) is 4.98 Å². The Balaban J connectivity index is 0.00000512. The van der Waals surface area contributed by atoms with Gasteiger partial charge in [0.15, 0.2) is 0 Å². The number of carbonyl (C=O) groups is 1. The molecule has 0 saturated heterocycles. The standard InChI is InChI=1S/C25H40N4O2.ClH/c1-4-5-6-7-8-9-10-11-12-20-13-15-21(16-14-20)24-28-23(31-29-24)18-27-25(30)22(26)17-19(2)3;/h13-16,19,22H,4-12,17-18,26H2,1-3H3,(H,27,30);1H/t22-;/m0./s1. The number of aromatic nitrogens is 2. The first-order chi connectivity index (χ1) is 15.0. The third-order valence-corrected chi connectivity index (χ3v) is 5.48. The molecule has 3 N–H and O–H groups in total. The largest absolute Gasteiger partial charge is 0.346 e. The Morgan fingerprint density at radius 1 is 1.03 bits per heavy atom. The maximum absolute atomic E-state index is 12.0. The number of amides is 1. The van der Waals surface area contributed by atoms with E-state index in [1.807, 2.05) is 26.0 Å². The number of halogens is 1. The molecule has 0 bridgehead atoms. The summed E-state index contributed by atoms with van der Waals surface area (Å²) in [6.07, 6.45) is 12.4. The van der Waals surface area contributed by atoms with Gasteiger partial charge in [-0.3, -0.25) is 4.79 Å². The highest BCUT2D eigenvalue weighted by atomic mass is 35.5. The van der Waals surface area contributed by atoms with Crippen LogP contribution < -0.4 is 11.1 Å². The SMILES string of the molecule is CCCCCCCCCCc1ccc(-c2noc(CNC(=O)[C@@H](N)CC(C)C)n2)cc1.Cl. The minimum Gasteiger partial charge on any atom is -0.346 e. The molecule has 1 aromatic heterocycles. The van der Waals surface area contributed by atoms with Gasteiger partial charge in [-0.05, 0) is 30.7 Å². The second-order valence-corrected chi connectivity index (χ2v) is 8.89. The number of unbranched alkanes of at least 4 members (excludes halogenated alkanes) is 7. The number of benzene rings is 1. The Labute approximate surface area is 199 Å². The van der Waals surface area contributed by atoms with Gasteiger partial charge in [-0.1, -0.05) is 95.1 Å². The smallest absolute Gasteiger partial charge is 0.246 e. The molecule has 1 heterocycles. The van der Waals surface area contributed by atoms with Gasteiger partial charge in [0, 0.05) is 5.56 Å². The van der Waals surface area contributed by atoms with Crippen molar-refractivity contribution in [2.75, 3.05) is 0 Å². The van der Waals surface area contributed by atoms with E-state index < -0.39 is 6.04 Å². The lowest BCUT2D eigenvalue weighted by molar-refractivity contribution is -0.123. The molecule has 0 unspecified atom stereocenters. The van der Waals surface area contributed by atoms with Crippen LogP contribution in [0.2, 0.25) is 0 Å². The number of rotatable bonds is 15. The third kappa shape index (κ3) is 10.6. The summed E-state index contributed by atoms with van der Waals surface area (Å²) in [5.74, 6) is 1.09. The summed E-state index contributed by atoms with van der Waals surface area (Å²) in [5, 5.41) is 6.80. The van der Waals surface area contributed by atoms with E-state index in [1.54, 1.807) is 0 Å². The lowest BCUT2D eigenvalue weighted by Crippen LogP contribution is -2.41. The normalized spacial score (nSPS) is 11.9. The predicted molar refractivity (Wildman–Crippen MR) is 133 cm³/mol. The molecular formula is C25H41ClN4O2. The lowest BCUT2D eigenvalue weighted by atomic mass is 10.0. The molecule has 2 aromatic rings. The number of carbonyl (C=O) groups excluding carboxylic acids is 1. The van der Waals surface area contributed by atoms with Crippen molar-refractivity contribution in [3.8, 4) is 11.4 Å². The molecule has 0 aliphatic heterocycles. The minimum atomic E-state index is -0.518. The fraction of sp³-hybridized carbons (Fsp3) is 0.640. The summed E-state index contributed by atoms with van der Waals surface area (Å²) in [6.45, 7) is 6.53. The van der Waals surface area contributed by atoms with E-state index in [-0.39, 0.29) is 24.9 Å². The first kappa shape index (κ1) is 28.1. The Kier molecular flexibility index (Phi) is 13.9. The first-order valence-corrected chi connectivity index (χ1v) is 11.9. The van der Waals surface area contributed by atoms with E-state index in [4.69, 9.17) is 10.3 Å². The van der Waals surface area contributed by atoms with Crippen molar-refractivity contribution in [3.05, 3.63) is 35.7 Å². The van der Waals surface area contributed by atoms with E-state index in [0.717, 1.165) is 12.0 Å². The van der Waals surface area contributed by atoms with Crippen LogP contribution in [0.4, 0.5) is 0 Å². The Hall–Kier alpha value is -1.92. The van der Waals surface area contributed by atoms with Gasteiger partial charge < -0.3 is 15.6 Å². The minimum absolute atomic E-state index is 0. The molecule has 1 amide bonds. The summed E-state index contributed by atoms with van der Waals surface area (Å²) in [6, 6.07) is 7.83.